The van der Waals surface area contributed by atoms with Gasteiger partial charge in [0.1, 0.15) is 0 Å². The molecule has 0 aromatic heterocycles. The highest BCUT2D eigenvalue weighted by Crippen LogP contribution is 2.38. The molecule has 2 fully saturated rings. The SMILES string of the molecule is CN(C(=O)CCN1C(=O)C2CCCCC2C1=O)S(=O)(=O)c1cccc(C#N)c1. The number of sulfonamides is 1. The Morgan fingerprint density at radius 2 is 1.82 bits per heavy atom. The number of nitrogens with zero attached hydrogens (tertiary/aromatic N) is 3. The van der Waals surface area contributed by atoms with Gasteiger partial charge in [-0.05, 0) is 31.0 Å². The van der Waals surface area contributed by atoms with Crippen molar-refractivity contribution >= 4 is 27.7 Å². The van der Waals surface area contributed by atoms with Crippen LogP contribution in [-0.4, -0.2) is 48.9 Å². The van der Waals surface area contributed by atoms with Gasteiger partial charge in [-0.3, -0.25) is 19.3 Å². The van der Waals surface area contributed by atoms with Crippen LogP contribution >= 0.6 is 0 Å². The number of carbonyl (C=O) groups is 3. The minimum absolute atomic E-state index is 0.123. The lowest BCUT2D eigenvalue weighted by atomic mass is 9.81. The van der Waals surface area contributed by atoms with E-state index in [1.54, 1.807) is 0 Å². The molecular weight excluding hydrogens is 382 g/mol. The third-order valence-corrected chi connectivity index (χ3v) is 7.23. The number of amides is 3. The topological polar surface area (TPSA) is 116 Å². The summed E-state index contributed by atoms with van der Waals surface area (Å²) in [5, 5.41) is 8.92. The molecule has 1 aromatic carbocycles. The second-order valence-corrected chi connectivity index (χ2v) is 9.05. The van der Waals surface area contributed by atoms with E-state index in [0.29, 0.717) is 17.1 Å². The van der Waals surface area contributed by atoms with Crippen molar-refractivity contribution in [1.29, 1.82) is 5.26 Å². The molecule has 2 unspecified atom stereocenters. The van der Waals surface area contributed by atoms with E-state index in [9.17, 15) is 22.8 Å². The lowest BCUT2D eigenvalue weighted by Gasteiger charge is -2.20. The maximum absolute atomic E-state index is 12.6. The van der Waals surface area contributed by atoms with Gasteiger partial charge in [0.05, 0.1) is 28.4 Å². The summed E-state index contributed by atoms with van der Waals surface area (Å²) < 4.78 is 25.8. The summed E-state index contributed by atoms with van der Waals surface area (Å²) in [7, 11) is -2.99. The Balaban J connectivity index is 1.68. The zero-order valence-corrected chi connectivity index (χ0v) is 16.3. The lowest BCUT2D eigenvalue weighted by molar-refractivity contribution is -0.140. The zero-order valence-electron chi connectivity index (χ0n) is 15.5. The quantitative estimate of drug-likeness (QED) is 0.684. The fourth-order valence-corrected chi connectivity index (χ4v) is 5.04. The van der Waals surface area contributed by atoms with Crippen LogP contribution in [0.2, 0.25) is 0 Å². The van der Waals surface area contributed by atoms with Gasteiger partial charge in [-0.2, -0.15) is 5.26 Å². The minimum atomic E-state index is -4.12. The molecule has 1 aliphatic carbocycles. The minimum Gasteiger partial charge on any atom is -0.282 e. The molecule has 1 aliphatic heterocycles. The molecule has 3 amide bonds. The van der Waals surface area contributed by atoms with Crippen molar-refractivity contribution in [1.82, 2.24) is 9.21 Å². The molecule has 1 aromatic rings. The third kappa shape index (κ3) is 3.52. The Labute approximate surface area is 163 Å². The van der Waals surface area contributed by atoms with Crippen molar-refractivity contribution in [2.45, 2.75) is 37.0 Å². The number of fused-ring (bicyclic) bond motifs is 1. The van der Waals surface area contributed by atoms with Gasteiger partial charge in [-0.25, -0.2) is 12.7 Å². The number of hydrogen-bond donors (Lipinski definition) is 0. The van der Waals surface area contributed by atoms with E-state index in [1.807, 2.05) is 6.07 Å². The summed E-state index contributed by atoms with van der Waals surface area (Å²) in [4.78, 5) is 38.3. The maximum Gasteiger partial charge on any atom is 0.266 e. The summed E-state index contributed by atoms with van der Waals surface area (Å²) in [5.74, 6) is -1.83. The summed E-state index contributed by atoms with van der Waals surface area (Å²) in [6.45, 7) is -0.123. The van der Waals surface area contributed by atoms with E-state index in [2.05, 4.69) is 0 Å². The van der Waals surface area contributed by atoms with Crippen LogP contribution in [0.15, 0.2) is 29.2 Å². The van der Waals surface area contributed by atoms with E-state index in [0.717, 1.165) is 24.8 Å². The molecule has 2 atom stereocenters. The van der Waals surface area contributed by atoms with Crippen molar-refractivity contribution in [3.63, 3.8) is 0 Å². The first-order chi connectivity index (χ1) is 13.3. The average molecular weight is 403 g/mol. The first kappa shape index (κ1) is 20.0. The molecule has 0 radical (unpaired) electrons. The lowest BCUT2D eigenvalue weighted by Crippen LogP contribution is -2.38. The van der Waals surface area contributed by atoms with Crippen LogP contribution < -0.4 is 0 Å². The Kier molecular flexibility index (Phi) is 5.52. The Bertz CT molecular complexity index is 942. The molecular formula is C19H21N3O5S. The molecule has 1 saturated carbocycles. The number of imide groups is 1. The fourth-order valence-electron chi connectivity index (χ4n) is 3.83. The average Bonchev–Trinajstić information content (AvgIpc) is 2.96. The van der Waals surface area contributed by atoms with E-state index >= 15 is 0 Å². The van der Waals surface area contributed by atoms with Crippen molar-refractivity contribution in [2.24, 2.45) is 11.8 Å². The van der Waals surface area contributed by atoms with Gasteiger partial charge in [-0.1, -0.05) is 18.9 Å². The Morgan fingerprint density at radius 3 is 2.39 bits per heavy atom. The molecule has 3 rings (SSSR count). The summed E-state index contributed by atoms with van der Waals surface area (Å²) in [5.41, 5.74) is 0.165. The molecule has 148 valence electrons. The number of nitriles is 1. The van der Waals surface area contributed by atoms with Crippen LogP contribution in [0.5, 0.6) is 0 Å². The van der Waals surface area contributed by atoms with Crippen LogP contribution in [0, 0.1) is 23.2 Å². The third-order valence-electron chi connectivity index (χ3n) is 5.45. The standard InChI is InChI=1S/C19H21N3O5S/c1-21(28(26,27)14-6-4-5-13(11-14)12-20)17(23)9-10-22-18(24)15-7-2-3-8-16(15)19(22)25/h4-6,11,15-16H,2-3,7-10H2,1H3. The number of carbonyl (C=O) groups excluding carboxylic acids is 3. The highest BCUT2D eigenvalue weighted by atomic mass is 32.2. The van der Waals surface area contributed by atoms with E-state index in [4.69, 9.17) is 5.26 Å². The number of benzene rings is 1. The van der Waals surface area contributed by atoms with Gasteiger partial charge in [0.25, 0.3) is 10.0 Å². The Morgan fingerprint density at radius 1 is 1.21 bits per heavy atom. The van der Waals surface area contributed by atoms with Crippen LogP contribution in [-0.2, 0) is 24.4 Å². The van der Waals surface area contributed by atoms with Gasteiger partial charge in [0.15, 0.2) is 0 Å². The normalized spacial score (nSPS) is 21.9. The van der Waals surface area contributed by atoms with Crippen LogP contribution in [0.3, 0.4) is 0 Å². The largest absolute Gasteiger partial charge is 0.282 e. The van der Waals surface area contributed by atoms with E-state index in [1.165, 1.54) is 24.3 Å². The molecule has 9 heteroatoms. The first-order valence-electron chi connectivity index (χ1n) is 9.14. The van der Waals surface area contributed by atoms with Gasteiger partial charge in [0, 0.05) is 20.0 Å². The highest BCUT2D eigenvalue weighted by molar-refractivity contribution is 7.89. The molecule has 1 heterocycles. The van der Waals surface area contributed by atoms with Crippen LogP contribution in [0.25, 0.3) is 0 Å². The summed E-state index contributed by atoms with van der Waals surface area (Å²) >= 11 is 0. The zero-order chi connectivity index (χ0) is 20.5. The molecule has 28 heavy (non-hydrogen) atoms. The molecule has 1 saturated heterocycles. The number of rotatable bonds is 5. The van der Waals surface area contributed by atoms with Crippen LogP contribution in [0.1, 0.15) is 37.7 Å². The van der Waals surface area contributed by atoms with E-state index in [-0.39, 0.29) is 47.1 Å². The number of hydrogen-bond acceptors (Lipinski definition) is 6. The molecule has 8 nitrogen and oxygen atoms in total. The number of likely N-dealkylation sites (tertiary alicyclic amines) is 1. The van der Waals surface area contributed by atoms with Gasteiger partial charge < -0.3 is 0 Å². The van der Waals surface area contributed by atoms with Crippen molar-refractivity contribution < 1.29 is 22.8 Å². The second-order valence-electron chi connectivity index (χ2n) is 7.08. The van der Waals surface area contributed by atoms with Crippen molar-refractivity contribution in [3.8, 4) is 6.07 Å². The predicted molar refractivity (Wildman–Crippen MR) is 97.9 cm³/mol. The smallest absolute Gasteiger partial charge is 0.266 e. The summed E-state index contributed by atoms with van der Waals surface area (Å²) in [6, 6.07) is 7.24. The van der Waals surface area contributed by atoms with Crippen molar-refractivity contribution in [3.05, 3.63) is 29.8 Å². The molecule has 2 aliphatic rings. The fraction of sp³-hybridized carbons (Fsp3) is 0.474. The molecule has 0 spiro atoms. The second kappa shape index (κ2) is 7.72. The first-order valence-corrected chi connectivity index (χ1v) is 10.6. The van der Waals surface area contributed by atoms with Crippen LogP contribution in [0.4, 0.5) is 0 Å². The highest BCUT2D eigenvalue weighted by Gasteiger charge is 2.48. The summed E-state index contributed by atoms with van der Waals surface area (Å²) in [6.07, 6.45) is 2.92. The maximum atomic E-state index is 12.6. The molecule has 0 bridgehead atoms. The van der Waals surface area contributed by atoms with Crippen molar-refractivity contribution in [2.75, 3.05) is 13.6 Å². The van der Waals surface area contributed by atoms with Gasteiger partial charge in [-0.15, -0.1) is 0 Å². The van der Waals surface area contributed by atoms with Gasteiger partial charge in [0.2, 0.25) is 17.7 Å². The van der Waals surface area contributed by atoms with E-state index < -0.39 is 15.9 Å². The molecule has 0 N–H and O–H groups in total. The van der Waals surface area contributed by atoms with Gasteiger partial charge >= 0.3 is 0 Å². The predicted octanol–water partition coefficient (Wildman–Crippen LogP) is 1.27. The monoisotopic (exact) mass is 403 g/mol. The Hall–Kier alpha value is -2.73.